The summed E-state index contributed by atoms with van der Waals surface area (Å²) in [7, 11) is 0. The molecule has 0 bridgehead atoms. The number of likely N-dealkylation sites (tertiary alicyclic amines) is 1. The Labute approximate surface area is 169 Å². The van der Waals surface area contributed by atoms with Crippen molar-refractivity contribution in [1.29, 1.82) is 0 Å². The summed E-state index contributed by atoms with van der Waals surface area (Å²) in [4.78, 5) is 18.0. The minimum atomic E-state index is -0.940. The predicted octanol–water partition coefficient (Wildman–Crippen LogP) is 3.46. The van der Waals surface area contributed by atoms with Gasteiger partial charge in [-0.15, -0.1) is 0 Å². The number of pyridine rings is 1. The second-order valence-electron chi connectivity index (χ2n) is 7.31. The van der Waals surface area contributed by atoms with Gasteiger partial charge >= 0.3 is 5.97 Å². The lowest BCUT2D eigenvalue weighted by Gasteiger charge is -2.31. The molecule has 1 aliphatic heterocycles. The van der Waals surface area contributed by atoms with Crippen LogP contribution in [0.5, 0.6) is 5.75 Å². The van der Waals surface area contributed by atoms with Crippen molar-refractivity contribution >= 4 is 5.97 Å². The van der Waals surface area contributed by atoms with Crippen molar-refractivity contribution in [2.75, 3.05) is 13.1 Å². The summed E-state index contributed by atoms with van der Waals surface area (Å²) in [5.74, 6) is 0.142. The molecule has 0 atom stereocenters. The second-order valence-corrected chi connectivity index (χ2v) is 7.31. The van der Waals surface area contributed by atoms with Gasteiger partial charge in [0.1, 0.15) is 18.1 Å². The summed E-state index contributed by atoms with van der Waals surface area (Å²) >= 11 is 0. The van der Waals surface area contributed by atoms with Crippen molar-refractivity contribution in [3.05, 3.63) is 77.4 Å². The number of rotatable bonds is 7. The fourth-order valence-electron chi connectivity index (χ4n) is 3.77. The van der Waals surface area contributed by atoms with E-state index >= 15 is 0 Å². The molecule has 0 unspecified atom stereocenters. The molecule has 2 aromatic heterocycles. The first-order chi connectivity index (χ1) is 14.2. The summed E-state index contributed by atoms with van der Waals surface area (Å²) in [5, 5.41) is 15.8. The molecular weight excluding hydrogens is 368 g/mol. The number of aromatic amines is 1. The Morgan fingerprint density at radius 2 is 1.97 bits per heavy atom. The van der Waals surface area contributed by atoms with Crippen molar-refractivity contribution in [2.24, 2.45) is 0 Å². The van der Waals surface area contributed by atoms with Gasteiger partial charge in [-0.2, -0.15) is 5.10 Å². The van der Waals surface area contributed by atoms with Gasteiger partial charge in [0.2, 0.25) is 0 Å². The van der Waals surface area contributed by atoms with Crippen LogP contribution < -0.4 is 4.74 Å². The monoisotopic (exact) mass is 392 g/mol. The molecular formula is C22H24N4O3. The zero-order chi connectivity index (χ0) is 20.1. The third-order valence-corrected chi connectivity index (χ3v) is 5.35. The highest BCUT2D eigenvalue weighted by atomic mass is 16.5. The van der Waals surface area contributed by atoms with Crippen LogP contribution in [0.3, 0.4) is 0 Å². The molecule has 0 radical (unpaired) electrons. The van der Waals surface area contributed by atoms with Gasteiger partial charge in [-0.05, 0) is 61.7 Å². The highest BCUT2D eigenvalue weighted by Gasteiger charge is 2.25. The van der Waals surface area contributed by atoms with E-state index < -0.39 is 5.97 Å². The molecule has 7 heteroatoms. The number of hydrogen-bond acceptors (Lipinski definition) is 5. The number of carboxylic acid groups (broad SMARTS) is 1. The largest absolute Gasteiger partial charge is 0.487 e. The van der Waals surface area contributed by atoms with E-state index in [1.165, 1.54) is 5.56 Å². The van der Waals surface area contributed by atoms with Crippen molar-refractivity contribution in [3.8, 4) is 5.75 Å². The van der Waals surface area contributed by atoms with Gasteiger partial charge in [0.25, 0.3) is 0 Å². The average molecular weight is 392 g/mol. The second kappa shape index (κ2) is 8.87. The van der Waals surface area contributed by atoms with Crippen LogP contribution in [0.2, 0.25) is 0 Å². The van der Waals surface area contributed by atoms with Gasteiger partial charge in [-0.1, -0.05) is 18.2 Å². The Bertz CT molecular complexity index is 932. The first kappa shape index (κ1) is 19.1. The Balaban J connectivity index is 1.27. The first-order valence-corrected chi connectivity index (χ1v) is 9.79. The molecule has 1 aromatic carbocycles. The number of carboxylic acids is 1. The number of hydrogen-bond donors (Lipinski definition) is 2. The van der Waals surface area contributed by atoms with Gasteiger partial charge in [-0.25, -0.2) is 4.79 Å². The molecule has 3 heterocycles. The van der Waals surface area contributed by atoms with E-state index in [0.717, 1.165) is 49.5 Å². The maximum Gasteiger partial charge on any atom is 0.354 e. The van der Waals surface area contributed by atoms with Crippen molar-refractivity contribution in [1.82, 2.24) is 20.1 Å². The zero-order valence-electron chi connectivity index (χ0n) is 16.1. The quantitative estimate of drug-likeness (QED) is 0.640. The molecule has 150 valence electrons. The number of nitrogens with one attached hydrogen (secondary N) is 1. The van der Waals surface area contributed by atoms with Crippen molar-refractivity contribution < 1.29 is 14.6 Å². The summed E-state index contributed by atoms with van der Waals surface area (Å²) in [6, 6.07) is 14.0. The molecule has 0 spiro atoms. The lowest BCUT2D eigenvalue weighted by Crippen LogP contribution is -2.32. The SMILES string of the molecule is O=C(O)c1[nH]ncc1C1CCN(Cc2ccc(OCc3ccccn3)cc2)CC1. The highest BCUT2D eigenvalue weighted by Crippen LogP contribution is 2.30. The van der Waals surface area contributed by atoms with E-state index in [4.69, 9.17) is 4.74 Å². The normalized spacial score (nSPS) is 15.3. The summed E-state index contributed by atoms with van der Waals surface area (Å²) in [5.41, 5.74) is 3.20. The third-order valence-electron chi connectivity index (χ3n) is 5.35. The van der Waals surface area contributed by atoms with Crippen LogP contribution >= 0.6 is 0 Å². The van der Waals surface area contributed by atoms with Gasteiger partial charge in [-0.3, -0.25) is 15.0 Å². The fourth-order valence-corrected chi connectivity index (χ4v) is 3.77. The number of nitrogens with zero attached hydrogens (tertiary/aromatic N) is 3. The zero-order valence-corrected chi connectivity index (χ0v) is 16.1. The van der Waals surface area contributed by atoms with E-state index in [-0.39, 0.29) is 11.6 Å². The van der Waals surface area contributed by atoms with Crippen molar-refractivity contribution in [3.63, 3.8) is 0 Å². The summed E-state index contributed by atoms with van der Waals surface area (Å²) < 4.78 is 5.79. The molecule has 29 heavy (non-hydrogen) atoms. The number of aromatic carboxylic acids is 1. The van der Waals surface area contributed by atoms with E-state index in [1.54, 1.807) is 12.4 Å². The van der Waals surface area contributed by atoms with Crippen LogP contribution in [0.25, 0.3) is 0 Å². The number of benzene rings is 1. The van der Waals surface area contributed by atoms with Gasteiger partial charge in [0.05, 0.1) is 11.9 Å². The minimum Gasteiger partial charge on any atom is -0.487 e. The van der Waals surface area contributed by atoms with Crippen LogP contribution in [0.15, 0.2) is 54.9 Å². The minimum absolute atomic E-state index is 0.227. The van der Waals surface area contributed by atoms with Crippen molar-refractivity contribution in [2.45, 2.75) is 31.9 Å². The lowest BCUT2D eigenvalue weighted by molar-refractivity contribution is 0.0687. The summed E-state index contributed by atoms with van der Waals surface area (Å²) in [6.07, 6.45) is 5.30. The molecule has 0 aliphatic carbocycles. The Kier molecular flexibility index (Phi) is 5.86. The Morgan fingerprint density at radius 1 is 1.17 bits per heavy atom. The molecule has 1 saturated heterocycles. The fraction of sp³-hybridized carbons (Fsp3) is 0.318. The molecule has 0 amide bonds. The maximum atomic E-state index is 11.3. The standard InChI is InChI=1S/C22H24N4O3/c27-22(28)21-20(13-24-25-21)17-8-11-26(12-9-17)14-16-4-6-19(7-5-16)29-15-18-3-1-2-10-23-18/h1-7,10,13,17H,8-9,11-12,14-15H2,(H,24,25)(H,27,28). The number of H-pyrrole nitrogens is 1. The number of carbonyl (C=O) groups is 1. The maximum absolute atomic E-state index is 11.3. The topological polar surface area (TPSA) is 91.3 Å². The van der Waals surface area contributed by atoms with E-state index in [9.17, 15) is 9.90 Å². The first-order valence-electron chi connectivity index (χ1n) is 9.79. The highest BCUT2D eigenvalue weighted by molar-refractivity contribution is 5.87. The molecule has 0 saturated carbocycles. The van der Waals surface area contributed by atoms with E-state index in [0.29, 0.717) is 6.61 Å². The van der Waals surface area contributed by atoms with E-state index in [2.05, 4.69) is 32.2 Å². The average Bonchev–Trinajstić information content (AvgIpc) is 3.25. The van der Waals surface area contributed by atoms with Gasteiger partial charge < -0.3 is 9.84 Å². The van der Waals surface area contributed by atoms with Gasteiger partial charge in [0.15, 0.2) is 0 Å². The Morgan fingerprint density at radius 3 is 2.66 bits per heavy atom. The molecule has 1 aliphatic rings. The molecule has 1 fully saturated rings. The predicted molar refractivity (Wildman–Crippen MR) is 108 cm³/mol. The Hall–Kier alpha value is -3.19. The third kappa shape index (κ3) is 4.81. The molecule has 7 nitrogen and oxygen atoms in total. The summed E-state index contributed by atoms with van der Waals surface area (Å²) in [6.45, 7) is 3.21. The smallest absolute Gasteiger partial charge is 0.354 e. The van der Waals surface area contributed by atoms with Crippen LogP contribution in [-0.2, 0) is 13.2 Å². The van der Waals surface area contributed by atoms with Crippen LogP contribution in [-0.4, -0.2) is 44.2 Å². The van der Waals surface area contributed by atoms with E-state index in [1.807, 2.05) is 30.3 Å². The number of ether oxygens (including phenoxy) is 1. The number of piperidine rings is 1. The van der Waals surface area contributed by atoms with Gasteiger partial charge in [0, 0.05) is 18.3 Å². The van der Waals surface area contributed by atoms with Crippen LogP contribution in [0, 0.1) is 0 Å². The van der Waals surface area contributed by atoms with Crippen LogP contribution in [0.4, 0.5) is 0 Å². The molecule has 2 N–H and O–H groups in total. The molecule has 4 rings (SSSR count). The lowest BCUT2D eigenvalue weighted by atomic mass is 9.89. The number of aromatic nitrogens is 3. The molecule has 3 aromatic rings. The van der Waals surface area contributed by atoms with Crippen LogP contribution in [0.1, 0.15) is 46.1 Å².